The molecule has 8 heteroatoms. The Bertz CT molecular complexity index is 1540. The highest BCUT2D eigenvalue weighted by Gasteiger charge is 2.18. The van der Waals surface area contributed by atoms with Crippen molar-refractivity contribution < 1.29 is 14.2 Å². The van der Waals surface area contributed by atoms with Gasteiger partial charge in [0.25, 0.3) is 5.56 Å². The van der Waals surface area contributed by atoms with Gasteiger partial charge in [0.15, 0.2) is 17.3 Å². The molecule has 0 unspecified atom stereocenters. The fourth-order valence-corrected chi connectivity index (χ4v) is 4.98. The molecular weight excluding hydrogens is 581 g/mol. The zero-order valence-corrected chi connectivity index (χ0v) is 24.0. The Morgan fingerprint density at radius 2 is 1.81 bits per heavy atom. The molecule has 0 atom stereocenters. The average molecular weight is 611 g/mol. The van der Waals surface area contributed by atoms with Crippen LogP contribution in [0.25, 0.3) is 22.3 Å². The van der Waals surface area contributed by atoms with Crippen molar-refractivity contribution in [2.24, 2.45) is 5.10 Å². The van der Waals surface area contributed by atoms with Gasteiger partial charge in [0, 0.05) is 5.56 Å². The number of methoxy groups -OCH3 is 2. The molecule has 0 radical (unpaired) electrons. The van der Waals surface area contributed by atoms with E-state index in [-0.39, 0.29) is 11.5 Å². The van der Waals surface area contributed by atoms with E-state index in [2.05, 4.69) is 41.5 Å². The third-order valence-electron chi connectivity index (χ3n) is 6.06. The number of para-hydroxylation sites is 1. The summed E-state index contributed by atoms with van der Waals surface area (Å²) in [6.07, 6.45) is 1.64. The van der Waals surface area contributed by atoms with Crippen molar-refractivity contribution in [1.29, 1.82) is 0 Å². The first-order chi connectivity index (χ1) is 17.8. The van der Waals surface area contributed by atoms with E-state index in [1.54, 1.807) is 26.5 Å². The second kappa shape index (κ2) is 11.3. The van der Waals surface area contributed by atoms with Crippen molar-refractivity contribution in [3.63, 3.8) is 0 Å². The lowest BCUT2D eigenvalue weighted by Crippen LogP contribution is -2.20. The highest BCUT2D eigenvalue weighted by atomic mass is 127. The van der Waals surface area contributed by atoms with Crippen molar-refractivity contribution in [3.05, 3.63) is 79.1 Å². The second-order valence-electron chi connectivity index (χ2n) is 8.84. The summed E-state index contributed by atoms with van der Waals surface area (Å²) in [7, 11) is 3.27. The number of halogens is 1. The molecule has 37 heavy (non-hydrogen) atoms. The Kier molecular flexibility index (Phi) is 8.16. The summed E-state index contributed by atoms with van der Waals surface area (Å²) < 4.78 is 19.2. The summed E-state index contributed by atoms with van der Waals surface area (Å²) in [5, 5.41) is 5.14. The van der Waals surface area contributed by atoms with E-state index in [0.29, 0.717) is 34.8 Å². The molecule has 4 aromatic rings. The summed E-state index contributed by atoms with van der Waals surface area (Å²) in [6.45, 7) is 8.66. The Morgan fingerprint density at radius 1 is 1.08 bits per heavy atom. The normalized spacial score (nSPS) is 11.5. The molecule has 1 aromatic heterocycles. The summed E-state index contributed by atoms with van der Waals surface area (Å²) >= 11 is 2.21. The summed E-state index contributed by atoms with van der Waals surface area (Å²) in [6, 6.07) is 15.1. The highest BCUT2D eigenvalue weighted by Crippen LogP contribution is 2.35. The number of ether oxygens (including phenoxy) is 3. The first-order valence-electron chi connectivity index (χ1n) is 12.0. The molecule has 0 spiro atoms. The van der Waals surface area contributed by atoms with Crippen LogP contribution in [0.15, 0.2) is 58.4 Å². The SMILES string of the molecule is CCOc1c(I)cc(C=Nn2c(-c3cc(C(C)C)c(OC)cc3C)nc3ccccc3c2=O)cc1OC. The molecule has 0 bridgehead atoms. The van der Waals surface area contributed by atoms with E-state index < -0.39 is 0 Å². The molecule has 1 heterocycles. The van der Waals surface area contributed by atoms with Crippen molar-refractivity contribution in [2.45, 2.75) is 33.6 Å². The van der Waals surface area contributed by atoms with Crippen LogP contribution < -0.4 is 19.8 Å². The van der Waals surface area contributed by atoms with Crippen LogP contribution in [0, 0.1) is 10.5 Å². The van der Waals surface area contributed by atoms with Crippen LogP contribution in [-0.2, 0) is 0 Å². The molecule has 0 amide bonds. The Hall–Kier alpha value is -3.40. The lowest BCUT2D eigenvalue weighted by Gasteiger charge is -2.17. The largest absolute Gasteiger partial charge is 0.496 e. The number of rotatable bonds is 8. The summed E-state index contributed by atoms with van der Waals surface area (Å²) in [5.74, 6) is 2.78. The van der Waals surface area contributed by atoms with Gasteiger partial charge >= 0.3 is 0 Å². The minimum atomic E-state index is -0.245. The molecule has 192 valence electrons. The molecule has 0 saturated heterocycles. The topological polar surface area (TPSA) is 74.9 Å². The van der Waals surface area contributed by atoms with Gasteiger partial charge in [-0.1, -0.05) is 26.0 Å². The average Bonchev–Trinajstić information content (AvgIpc) is 2.89. The van der Waals surface area contributed by atoms with E-state index in [4.69, 9.17) is 19.2 Å². The minimum Gasteiger partial charge on any atom is -0.496 e. The third kappa shape index (κ3) is 5.34. The fourth-order valence-electron chi connectivity index (χ4n) is 4.20. The summed E-state index contributed by atoms with van der Waals surface area (Å²) in [5.41, 5.74) is 3.93. The number of benzene rings is 3. The maximum atomic E-state index is 13.7. The number of aryl methyl sites for hydroxylation is 1. The van der Waals surface area contributed by atoms with E-state index in [1.807, 2.05) is 56.3 Å². The van der Waals surface area contributed by atoms with Crippen LogP contribution in [0.1, 0.15) is 43.4 Å². The van der Waals surface area contributed by atoms with Gasteiger partial charge in [0.1, 0.15) is 5.75 Å². The molecule has 0 aliphatic rings. The Balaban J connectivity index is 1.95. The van der Waals surface area contributed by atoms with Crippen LogP contribution in [0.5, 0.6) is 17.2 Å². The molecule has 3 aromatic carbocycles. The first-order valence-corrected chi connectivity index (χ1v) is 13.1. The standard InChI is InChI=1S/C29H30IN3O4/c1-7-37-27-23(30)13-19(14-26(27)36-6)16-31-33-28(32-24-11-9-8-10-20(24)29(33)34)22-15-21(17(2)3)25(35-5)12-18(22)4/h8-17H,7H2,1-6H3. The Labute approximate surface area is 230 Å². The van der Waals surface area contributed by atoms with Crippen LogP contribution in [0.4, 0.5) is 0 Å². The third-order valence-corrected chi connectivity index (χ3v) is 6.86. The van der Waals surface area contributed by atoms with Gasteiger partial charge in [-0.05, 0) is 95.4 Å². The van der Waals surface area contributed by atoms with Crippen LogP contribution in [0.3, 0.4) is 0 Å². The van der Waals surface area contributed by atoms with E-state index in [9.17, 15) is 4.79 Å². The molecule has 0 saturated carbocycles. The number of nitrogens with zero attached hydrogens (tertiary/aromatic N) is 3. The summed E-state index contributed by atoms with van der Waals surface area (Å²) in [4.78, 5) is 18.6. The van der Waals surface area contributed by atoms with E-state index >= 15 is 0 Å². The van der Waals surface area contributed by atoms with Crippen LogP contribution >= 0.6 is 22.6 Å². The first kappa shape index (κ1) is 26.7. The molecule has 4 rings (SSSR count). The van der Waals surface area contributed by atoms with E-state index in [1.165, 1.54) is 4.68 Å². The molecule has 0 aliphatic carbocycles. The minimum absolute atomic E-state index is 0.219. The maximum Gasteiger partial charge on any atom is 0.282 e. The van der Waals surface area contributed by atoms with Crippen molar-refractivity contribution in [2.75, 3.05) is 20.8 Å². The fraction of sp³-hybridized carbons (Fsp3) is 0.276. The number of hydrogen-bond acceptors (Lipinski definition) is 6. The molecular formula is C29H30IN3O4. The van der Waals surface area contributed by atoms with Gasteiger partial charge in [0.05, 0.1) is 41.5 Å². The van der Waals surface area contributed by atoms with Gasteiger partial charge in [-0.15, -0.1) is 0 Å². The van der Waals surface area contributed by atoms with Crippen molar-refractivity contribution in [3.8, 4) is 28.6 Å². The van der Waals surface area contributed by atoms with Gasteiger partial charge in [-0.2, -0.15) is 9.78 Å². The van der Waals surface area contributed by atoms with Crippen molar-refractivity contribution in [1.82, 2.24) is 9.66 Å². The van der Waals surface area contributed by atoms with E-state index in [0.717, 1.165) is 31.6 Å². The monoisotopic (exact) mass is 611 g/mol. The lowest BCUT2D eigenvalue weighted by atomic mass is 9.96. The maximum absolute atomic E-state index is 13.7. The second-order valence-corrected chi connectivity index (χ2v) is 10.0. The quantitative estimate of drug-likeness (QED) is 0.170. The lowest BCUT2D eigenvalue weighted by molar-refractivity contribution is 0.308. The van der Waals surface area contributed by atoms with Crippen molar-refractivity contribution >= 4 is 39.7 Å². The zero-order valence-electron chi connectivity index (χ0n) is 21.8. The molecule has 7 nitrogen and oxygen atoms in total. The van der Waals surface area contributed by atoms with Crippen LogP contribution in [-0.4, -0.2) is 36.7 Å². The highest BCUT2D eigenvalue weighted by molar-refractivity contribution is 14.1. The number of hydrogen-bond donors (Lipinski definition) is 0. The molecule has 0 aliphatic heterocycles. The van der Waals surface area contributed by atoms with Gasteiger partial charge < -0.3 is 14.2 Å². The smallest absolute Gasteiger partial charge is 0.282 e. The number of fused-ring (bicyclic) bond motifs is 1. The predicted molar refractivity (Wildman–Crippen MR) is 157 cm³/mol. The van der Waals surface area contributed by atoms with Gasteiger partial charge in [-0.25, -0.2) is 4.98 Å². The predicted octanol–water partition coefficient (Wildman–Crippen LogP) is 6.40. The number of aromatic nitrogens is 2. The Morgan fingerprint density at radius 3 is 2.49 bits per heavy atom. The van der Waals surface area contributed by atoms with Crippen LogP contribution in [0.2, 0.25) is 0 Å². The van der Waals surface area contributed by atoms with Gasteiger partial charge in [0.2, 0.25) is 0 Å². The molecule has 0 N–H and O–H groups in total. The van der Waals surface area contributed by atoms with Gasteiger partial charge in [-0.3, -0.25) is 4.79 Å². The zero-order chi connectivity index (χ0) is 26.7. The molecule has 0 fully saturated rings.